The van der Waals surface area contributed by atoms with Gasteiger partial charge in [-0.15, -0.1) is 0 Å². The van der Waals surface area contributed by atoms with Crippen LogP contribution in [0.1, 0.15) is 10.4 Å². The van der Waals surface area contributed by atoms with Crippen LogP contribution in [0.2, 0.25) is 0 Å². The van der Waals surface area contributed by atoms with Gasteiger partial charge in [-0.3, -0.25) is 0 Å². The van der Waals surface area contributed by atoms with Crippen molar-refractivity contribution in [1.82, 2.24) is 36.9 Å². The number of hydrogen-bond donors (Lipinski definition) is 7. The van der Waals surface area contributed by atoms with E-state index in [9.17, 15) is 26.7 Å². The maximum atomic E-state index is 12.6. The maximum Gasteiger partial charge on any atom is 0.341 e. The summed E-state index contributed by atoms with van der Waals surface area (Å²) in [7, 11) is 0. The Hall–Kier alpha value is -1.90. The van der Waals surface area contributed by atoms with Crippen molar-refractivity contribution >= 4 is 5.97 Å². The van der Waals surface area contributed by atoms with Crippen LogP contribution in [0, 0.1) is 29.1 Å². The number of aromatic carboxylic acids is 1. The van der Waals surface area contributed by atoms with Crippen molar-refractivity contribution in [3.05, 3.63) is 34.6 Å². The topological polar surface area (TPSA) is 247 Å². The molecule has 1 aromatic carbocycles. The van der Waals surface area contributed by atoms with Gasteiger partial charge in [-0.1, -0.05) is 0 Å². The summed E-state index contributed by atoms with van der Waals surface area (Å²) in [5.41, 5.74) is -1.86. The number of carboxylic acids is 1. The maximum absolute atomic E-state index is 12.6. The Bertz CT molecular complexity index is 404. The molecule has 0 amide bonds. The summed E-state index contributed by atoms with van der Waals surface area (Å²) in [5.74, 6) is -13.9. The van der Waals surface area contributed by atoms with Crippen LogP contribution < -0.4 is 36.9 Å². The van der Waals surface area contributed by atoms with Gasteiger partial charge in [-0.05, 0) is 0 Å². The lowest BCUT2D eigenvalue weighted by atomic mass is 10.1. The molecule has 0 aromatic heterocycles. The molecule has 1 rings (SSSR count). The van der Waals surface area contributed by atoms with Crippen molar-refractivity contribution in [3.63, 3.8) is 0 Å². The van der Waals surface area contributed by atoms with Gasteiger partial charge in [-0.25, -0.2) is 26.7 Å². The molecule has 13 heteroatoms. The Kier molecular flexibility index (Phi) is 22.0. The second kappa shape index (κ2) is 12.2. The van der Waals surface area contributed by atoms with Gasteiger partial charge in [0.05, 0.1) is 0 Å². The van der Waals surface area contributed by atoms with Crippen LogP contribution in [-0.4, -0.2) is 11.1 Å². The van der Waals surface area contributed by atoms with Gasteiger partial charge in [0, 0.05) is 0 Å². The minimum absolute atomic E-state index is 0. The van der Waals surface area contributed by atoms with Crippen LogP contribution in [0.5, 0.6) is 0 Å². The van der Waals surface area contributed by atoms with E-state index in [0.29, 0.717) is 0 Å². The highest BCUT2D eigenvalue weighted by atomic mass is 19.2. The molecule has 0 radical (unpaired) electrons. The zero-order valence-electron chi connectivity index (χ0n) is 10.5. The van der Waals surface area contributed by atoms with Crippen molar-refractivity contribution in [3.8, 4) is 0 Å². The van der Waals surface area contributed by atoms with Gasteiger partial charge >= 0.3 is 5.97 Å². The third kappa shape index (κ3) is 5.39. The molecule has 0 saturated carbocycles. The first kappa shape index (κ1) is 36.1. The summed E-state index contributed by atoms with van der Waals surface area (Å²) in [5, 5.41) is 8.15. The zero-order valence-corrected chi connectivity index (χ0v) is 10.5. The Morgan fingerprint density at radius 2 is 0.800 bits per heavy atom. The number of halogens is 5. The second-order valence-electron chi connectivity index (χ2n) is 2.25. The molecule has 0 aliphatic carbocycles. The van der Waals surface area contributed by atoms with Crippen molar-refractivity contribution in [2.45, 2.75) is 0 Å². The summed E-state index contributed by atoms with van der Waals surface area (Å²) in [6.45, 7) is 0. The van der Waals surface area contributed by atoms with Crippen LogP contribution in [0.15, 0.2) is 0 Å². The van der Waals surface area contributed by atoms with Gasteiger partial charge in [0.1, 0.15) is 5.56 Å². The molecular weight excluding hydrogens is 295 g/mol. The Balaban J connectivity index is -0.0000000817. The molecule has 0 saturated heterocycles. The van der Waals surface area contributed by atoms with E-state index < -0.39 is 40.6 Å². The third-order valence-electron chi connectivity index (χ3n) is 1.42. The van der Waals surface area contributed by atoms with Crippen molar-refractivity contribution in [1.29, 1.82) is 0 Å². The van der Waals surface area contributed by atoms with E-state index in [4.69, 9.17) is 5.11 Å². The molecular formula is C7H19F5N6O2. The molecule has 0 unspecified atom stereocenters. The number of rotatable bonds is 1. The van der Waals surface area contributed by atoms with Crippen LogP contribution in [0.3, 0.4) is 0 Å². The first-order chi connectivity index (χ1) is 6.37. The van der Waals surface area contributed by atoms with Crippen LogP contribution in [-0.2, 0) is 0 Å². The van der Waals surface area contributed by atoms with Crippen LogP contribution >= 0.6 is 0 Å². The van der Waals surface area contributed by atoms with Crippen molar-refractivity contribution in [2.24, 2.45) is 0 Å². The summed E-state index contributed by atoms with van der Waals surface area (Å²) >= 11 is 0. The predicted octanol–water partition coefficient (Wildman–Crippen LogP) is 3.05. The number of benzene rings is 1. The third-order valence-corrected chi connectivity index (χ3v) is 1.42. The van der Waals surface area contributed by atoms with Gasteiger partial charge < -0.3 is 42.0 Å². The minimum atomic E-state index is -2.38. The molecule has 0 aliphatic rings. The van der Waals surface area contributed by atoms with E-state index in [2.05, 4.69) is 0 Å². The first-order valence-corrected chi connectivity index (χ1v) is 3.12. The molecule has 124 valence electrons. The van der Waals surface area contributed by atoms with E-state index in [1.165, 1.54) is 0 Å². The van der Waals surface area contributed by atoms with E-state index >= 15 is 0 Å². The summed E-state index contributed by atoms with van der Waals surface area (Å²) in [4.78, 5) is 10.1. The van der Waals surface area contributed by atoms with Gasteiger partial charge in [0.25, 0.3) is 0 Å². The number of carboxylic acid groups (broad SMARTS) is 1. The van der Waals surface area contributed by atoms with Crippen LogP contribution in [0.25, 0.3) is 0 Å². The lowest BCUT2D eigenvalue weighted by molar-refractivity contribution is 0.0682. The highest BCUT2D eigenvalue weighted by molar-refractivity contribution is 5.88. The summed E-state index contributed by atoms with van der Waals surface area (Å²) < 4.78 is 62.1. The second-order valence-corrected chi connectivity index (χ2v) is 2.25. The molecule has 0 bridgehead atoms. The fourth-order valence-electron chi connectivity index (χ4n) is 0.793. The fourth-order valence-corrected chi connectivity index (χ4v) is 0.793. The smallest absolute Gasteiger partial charge is 0.341 e. The van der Waals surface area contributed by atoms with Crippen LogP contribution in [0.4, 0.5) is 22.0 Å². The molecule has 0 fully saturated rings. The summed E-state index contributed by atoms with van der Waals surface area (Å²) in [6, 6.07) is 0. The average molecular weight is 314 g/mol. The van der Waals surface area contributed by atoms with Gasteiger partial charge in [0.2, 0.25) is 5.82 Å². The SMILES string of the molecule is N.N.N.N.N.N.O=C(O)c1c(F)c(F)c(F)c(F)c1F. The molecule has 0 atom stereocenters. The highest BCUT2D eigenvalue weighted by Crippen LogP contribution is 2.22. The largest absolute Gasteiger partial charge is 0.477 e. The predicted molar refractivity (Wildman–Crippen MR) is 63.3 cm³/mol. The molecule has 19 N–H and O–H groups in total. The average Bonchev–Trinajstić information content (AvgIpc) is 2.11. The fraction of sp³-hybridized carbons (Fsp3) is 0. The highest BCUT2D eigenvalue weighted by Gasteiger charge is 2.29. The van der Waals surface area contributed by atoms with E-state index in [1.807, 2.05) is 0 Å². The van der Waals surface area contributed by atoms with Gasteiger partial charge in [0.15, 0.2) is 23.3 Å². The monoisotopic (exact) mass is 314 g/mol. The lowest BCUT2D eigenvalue weighted by Crippen LogP contribution is -2.11. The molecule has 1 aromatic rings. The van der Waals surface area contributed by atoms with Gasteiger partial charge in [-0.2, -0.15) is 0 Å². The molecule has 0 spiro atoms. The quantitative estimate of drug-likeness (QED) is 0.230. The first-order valence-electron chi connectivity index (χ1n) is 3.12. The Labute approximate surface area is 110 Å². The van der Waals surface area contributed by atoms with E-state index in [1.54, 1.807) is 0 Å². The molecule has 0 aliphatic heterocycles. The van der Waals surface area contributed by atoms with E-state index in [-0.39, 0.29) is 36.9 Å². The molecule has 0 heterocycles. The number of hydrogen-bond acceptors (Lipinski definition) is 7. The Morgan fingerprint density at radius 1 is 0.600 bits per heavy atom. The minimum Gasteiger partial charge on any atom is -0.477 e. The normalized spacial score (nSPS) is 7.25. The number of carbonyl (C=O) groups is 1. The van der Waals surface area contributed by atoms with E-state index in [0.717, 1.165) is 0 Å². The Morgan fingerprint density at radius 3 is 1.00 bits per heavy atom. The van der Waals surface area contributed by atoms with Crippen molar-refractivity contribution < 1.29 is 31.9 Å². The molecule has 8 nitrogen and oxygen atoms in total. The summed E-state index contributed by atoms with van der Waals surface area (Å²) in [6.07, 6.45) is 0. The standard InChI is InChI=1S/C7HF5O2.6H3N/c8-2-1(7(13)14)3(9)5(11)6(12)4(2)10;;;;;;/h(H,13,14);6*1H3. The lowest BCUT2D eigenvalue weighted by Gasteiger charge is -2.03. The van der Waals surface area contributed by atoms with Crippen molar-refractivity contribution in [2.75, 3.05) is 0 Å². The molecule has 20 heavy (non-hydrogen) atoms. The zero-order chi connectivity index (χ0) is 11.0.